The Morgan fingerprint density at radius 1 is 1.48 bits per heavy atom. The lowest BCUT2D eigenvalue weighted by molar-refractivity contribution is -0.0867. The number of β-amino-alcohol motifs (C(OH)–C–C–N with tert-alkyl or cyclic N) is 1. The van der Waals surface area contributed by atoms with Crippen LogP contribution in [0.15, 0.2) is 22.6 Å². The predicted octanol–water partition coefficient (Wildman–Crippen LogP) is 2.87. The number of halogens is 1. The molecule has 1 aliphatic heterocycles. The number of rotatable bonds is 3. The summed E-state index contributed by atoms with van der Waals surface area (Å²) in [4.78, 5) is 14.0. The van der Waals surface area contributed by atoms with Crippen molar-refractivity contribution in [3.05, 3.63) is 35.3 Å². The largest absolute Gasteiger partial charge is 0.451 e. The van der Waals surface area contributed by atoms with Crippen LogP contribution in [-0.2, 0) is 0 Å². The molecule has 0 saturated carbocycles. The molecule has 112 valence electrons. The summed E-state index contributed by atoms with van der Waals surface area (Å²) < 4.78 is 18.8. The summed E-state index contributed by atoms with van der Waals surface area (Å²) in [7, 11) is 0. The number of carbonyl (C=O) groups excluding carboxylic acids is 1. The Labute approximate surface area is 122 Å². The Bertz CT molecular complexity index is 701. The molecule has 0 spiro atoms. The lowest BCUT2D eigenvalue weighted by Crippen LogP contribution is -2.63. The van der Waals surface area contributed by atoms with Crippen LogP contribution in [0.4, 0.5) is 4.39 Å². The molecule has 1 aliphatic rings. The zero-order chi connectivity index (χ0) is 15.2. The molecule has 1 fully saturated rings. The molecule has 0 aliphatic carbocycles. The SMILES string of the molecule is CCCC1(O)CN(C(=O)c2oc3ccc(F)cc3c2C)C1. The lowest BCUT2D eigenvalue weighted by atomic mass is 9.89. The van der Waals surface area contributed by atoms with Crippen LogP contribution in [0.1, 0.15) is 35.9 Å². The number of hydrogen-bond acceptors (Lipinski definition) is 3. The predicted molar refractivity (Wildman–Crippen MR) is 76.7 cm³/mol. The second kappa shape index (κ2) is 4.84. The fraction of sp³-hybridized carbons (Fsp3) is 0.438. The van der Waals surface area contributed by atoms with Crippen LogP contribution < -0.4 is 0 Å². The minimum absolute atomic E-state index is 0.231. The van der Waals surface area contributed by atoms with Gasteiger partial charge in [-0.3, -0.25) is 4.79 Å². The molecule has 1 aromatic heterocycles. The summed E-state index contributed by atoms with van der Waals surface area (Å²) in [5, 5.41) is 10.8. The molecule has 3 rings (SSSR count). The number of benzene rings is 1. The standard InChI is InChI=1S/C16H18FNO3/c1-3-6-16(20)8-18(9-16)15(19)14-10(2)12-7-11(17)4-5-13(12)21-14/h4-5,7,20H,3,6,8-9H2,1-2H3. The van der Waals surface area contributed by atoms with Crippen LogP contribution in [-0.4, -0.2) is 34.6 Å². The van der Waals surface area contributed by atoms with Crippen molar-refractivity contribution in [1.82, 2.24) is 4.90 Å². The average Bonchev–Trinajstić information content (AvgIpc) is 2.73. The highest BCUT2D eigenvalue weighted by atomic mass is 19.1. The van der Waals surface area contributed by atoms with Gasteiger partial charge in [0.1, 0.15) is 11.4 Å². The van der Waals surface area contributed by atoms with Gasteiger partial charge in [-0.15, -0.1) is 0 Å². The number of amides is 1. The van der Waals surface area contributed by atoms with Crippen LogP contribution in [0.25, 0.3) is 11.0 Å². The first-order valence-electron chi connectivity index (χ1n) is 7.14. The average molecular weight is 291 g/mol. The van der Waals surface area contributed by atoms with E-state index in [4.69, 9.17) is 4.42 Å². The smallest absolute Gasteiger partial charge is 0.290 e. The van der Waals surface area contributed by atoms with Gasteiger partial charge in [0.05, 0.1) is 18.7 Å². The number of furan rings is 1. The summed E-state index contributed by atoms with van der Waals surface area (Å²) in [6.45, 7) is 4.39. The number of aliphatic hydroxyl groups is 1. The molecule has 4 nitrogen and oxygen atoms in total. The van der Waals surface area contributed by atoms with Crippen molar-refractivity contribution in [2.75, 3.05) is 13.1 Å². The fourth-order valence-electron chi connectivity index (χ4n) is 2.97. The van der Waals surface area contributed by atoms with Gasteiger partial charge in [0.25, 0.3) is 5.91 Å². The van der Waals surface area contributed by atoms with Crippen molar-refractivity contribution < 1.29 is 18.7 Å². The van der Waals surface area contributed by atoms with E-state index in [0.717, 1.165) is 6.42 Å². The molecule has 0 bridgehead atoms. The molecule has 0 unspecified atom stereocenters. The Balaban J connectivity index is 1.85. The van der Waals surface area contributed by atoms with Gasteiger partial charge in [-0.2, -0.15) is 0 Å². The van der Waals surface area contributed by atoms with E-state index in [1.54, 1.807) is 11.8 Å². The zero-order valence-electron chi connectivity index (χ0n) is 12.1. The first-order valence-corrected chi connectivity index (χ1v) is 7.14. The molecular weight excluding hydrogens is 273 g/mol. The number of carbonyl (C=O) groups is 1. The summed E-state index contributed by atoms with van der Waals surface area (Å²) >= 11 is 0. The van der Waals surface area contributed by atoms with E-state index in [0.29, 0.717) is 36.0 Å². The maximum atomic E-state index is 13.3. The zero-order valence-corrected chi connectivity index (χ0v) is 12.1. The fourth-order valence-corrected chi connectivity index (χ4v) is 2.97. The van der Waals surface area contributed by atoms with E-state index in [9.17, 15) is 14.3 Å². The minimum Gasteiger partial charge on any atom is -0.451 e. The molecular formula is C16H18FNO3. The first-order chi connectivity index (χ1) is 9.93. The molecule has 2 heterocycles. The number of nitrogens with zero attached hydrogens (tertiary/aromatic N) is 1. The van der Waals surface area contributed by atoms with Crippen molar-refractivity contribution in [1.29, 1.82) is 0 Å². The van der Waals surface area contributed by atoms with Gasteiger partial charge >= 0.3 is 0 Å². The molecule has 2 aromatic rings. The highest BCUT2D eigenvalue weighted by Gasteiger charge is 2.44. The van der Waals surface area contributed by atoms with E-state index in [2.05, 4.69) is 0 Å². The van der Waals surface area contributed by atoms with Gasteiger partial charge in [0.2, 0.25) is 0 Å². The van der Waals surface area contributed by atoms with E-state index in [-0.39, 0.29) is 17.5 Å². The van der Waals surface area contributed by atoms with Crippen molar-refractivity contribution in [3.8, 4) is 0 Å². The normalized spacial score (nSPS) is 17.0. The Morgan fingerprint density at radius 3 is 2.86 bits per heavy atom. The Hall–Kier alpha value is -1.88. The molecule has 21 heavy (non-hydrogen) atoms. The maximum absolute atomic E-state index is 13.3. The van der Waals surface area contributed by atoms with Crippen molar-refractivity contribution >= 4 is 16.9 Å². The molecule has 1 amide bonds. The molecule has 0 atom stereocenters. The third kappa shape index (κ3) is 2.31. The second-order valence-corrected chi connectivity index (χ2v) is 5.83. The number of fused-ring (bicyclic) bond motifs is 1. The number of aryl methyl sites for hydroxylation is 1. The summed E-state index contributed by atoms with van der Waals surface area (Å²) in [5.74, 6) is -0.370. The molecule has 1 saturated heterocycles. The third-order valence-corrected chi connectivity index (χ3v) is 4.07. The van der Waals surface area contributed by atoms with Gasteiger partial charge < -0.3 is 14.4 Å². The van der Waals surface area contributed by atoms with Gasteiger partial charge in [-0.05, 0) is 31.5 Å². The minimum atomic E-state index is -0.767. The van der Waals surface area contributed by atoms with E-state index >= 15 is 0 Å². The summed E-state index contributed by atoms with van der Waals surface area (Å²) in [6.07, 6.45) is 1.56. The quantitative estimate of drug-likeness (QED) is 0.946. The van der Waals surface area contributed by atoms with Crippen LogP contribution in [0, 0.1) is 12.7 Å². The van der Waals surface area contributed by atoms with Gasteiger partial charge in [-0.1, -0.05) is 13.3 Å². The van der Waals surface area contributed by atoms with Gasteiger partial charge in [-0.25, -0.2) is 4.39 Å². The Kier molecular flexibility index (Phi) is 3.24. The van der Waals surface area contributed by atoms with Crippen LogP contribution >= 0.6 is 0 Å². The van der Waals surface area contributed by atoms with Crippen molar-refractivity contribution in [3.63, 3.8) is 0 Å². The van der Waals surface area contributed by atoms with Gasteiger partial charge in [0.15, 0.2) is 5.76 Å². The second-order valence-electron chi connectivity index (χ2n) is 5.83. The van der Waals surface area contributed by atoms with Crippen molar-refractivity contribution in [2.45, 2.75) is 32.3 Å². The van der Waals surface area contributed by atoms with E-state index < -0.39 is 5.60 Å². The van der Waals surface area contributed by atoms with Crippen LogP contribution in [0.3, 0.4) is 0 Å². The van der Waals surface area contributed by atoms with Gasteiger partial charge in [0, 0.05) is 10.9 Å². The first kappa shape index (κ1) is 14.1. The van der Waals surface area contributed by atoms with E-state index in [1.807, 2.05) is 6.92 Å². The Morgan fingerprint density at radius 2 is 2.19 bits per heavy atom. The van der Waals surface area contributed by atoms with E-state index in [1.165, 1.54) is 18.2 Å². The summed E-state index contributed by atoms with van der Waals surface area (Å²) in [6, 6.07) is 4.20. The monoisotopic (exact) mass is 291 g/mol. The maximum Gasteiger partial charge on any atom is 0.290 e. The third-order valence-electron chi connectivity index (χ3n) is 4.07. The van der Waals surface area contributed by atoms with Crippen LogP contribution in [0.5, 0.6) is 0 Å². The molecule has 1 aromatic carbocycles. The molecule has 5 heteroatoms. The lowest BCUT2D eigenvalue weighted by Gasteiger charge is -2.46. The molecule has 0 radical (unpaired) electrons. The highest BCUT2D eigenvalue weighted by molar-refractivity contribution is 5.99. The summed E-state index contributed by atoms with van der Waals surface area (Å²) in [5.41, 5.74) is 0.373. The highest BCUT2D eigenvalue weighted by Crippen LogP contribution is 2.31. The number of likely N-dealkylation sites (tertiary alicyclic amines) is 1. The topological polar surface area (TPSA) is 53.7 Å². The van der Waals surface area contributed by atoms with Crippen molar-refractivity contribution in [2.24, 2.45) is 0 Å². The van der Waals surface area contributed by atoms with Crippen LogP contribution in [0.2, 0.25) is 0 Å². The number of hydrogen-bond donors (Lipinski definition) is 1. The molecule has 1 N–H and O–H groups in total.